The lowest BCUT2D eigenvalue weighted by Crippen LogP contribution is -2.18. The molecular weight excluding hydrogens is 256 g/mol. The number of hydrogen-bond donors (Lipinski definition) is 2. The molecule has 1 aromatic heterocycles. The van der Waals surface area contributed by atoms with Crippen LogP contribution in [-0.2, 0) is 6.42 Å². The van der Waals surface area contributed by atoms with E-state index >= 15 is 0 Å². The van der Waals surface area contributed by atoms with Crippen molar-refractivity contribution in [2.24, 2.45) is 0 Å². The highest BCUT2D eigenvalue weighted by Crippen LogP contribution is 2.14. The third kappa shape index (κ3) is 6.14. The topological polar surface area (TPSA) is 49.8 Å². The minimum Gasteiger partial charge on any atom is -0.370 e. The molecule has 1 atom stereocenters. The van der Waals surface area contributed by atoms with E-state index < -0.39 is 0 Å². The van der Waals surface area contributed by atoms with Crippen LogP contribution >= 0.6 is 11.8 Å². The zero-order valence-corrected chi connectivity index (χ0v) is 13.3. The molecule has 0 aliphatic carbocycles. The number of nitrogens with zero attached hydrogens (tertiary/aromatic N) is 2. The van der Waals surface area contributed by atoms with Crippen molar-refractivity contribution in [3.05, 3.63) is 11.9 Å². The number of hydrogen-bond acceptors (Lipinski definition) is 5. The van der Waals surface area contributed by atoms with Gasteiger partial charge in [0.05, 0.1) is 0 Å². The molecule has 0 aliphatic rings. The first-order valence-corrected chi connectivity index (χ1v) is 8.31. The maximum absolute atomic E-state index is 4.53. The van der Waals surface area contributed by atoms with E-state index in [1.54, 1.807) is 0 Å². The number of nitrogens with one attached hydrogen (secondary N) is 2. The fourth-order valence-corrected chi connectivity index (χ4v) is 2.54. The highest BCUT2D eigenvalue weighted by Gasteiger charge is 2.06. The third-order valence-corrected chi connectivity index (χ3v) is 3.67. The molecule has 2 N–H and O–H groups in total. The molecule has 0 saturated heterocycles. The molecule has 1 rings (SSSR count). The van der Waals surface area contributed by atoms with E-state index in [1.807, 2.05) is 17.8 Å². The van der Waals surface area contributed by atoms with Crippen molar-refractivity contribution in [2.45, 2.75) is 46.6 Å². The molecule has 0 saturated carbocycles. The van der Waals surface area contributed by atoms with Crippen molar-refractivity contribution >= 4 is 23.4 Å². The maximum atomic E-state index is 4.53. The predicted molar refractivity (Wildman–Crippen MR) is 86.3 cm³/mol. The van der Waals surface area contributed by atoms with Gasteiger partial charge in [-0.25, -0.2) is 9.97 Å². The van der Waals surface area contributed by atoms with E-state index in [-0.39, 0.29) is 0 Å². The number of aromatic nitrogens is 2. The highest BCUT2D eigenvalue weighted by atomic mass is 32.2. The first kappa shape index (κ1) is 16.1. The molecule has 1 unspecified atom stereocenters. The van der Waals surface area contributed by atoms with Gasteiger partial charge in [-0.05, 0) is 31.8 Å². The molecule has 19 heavy (non-hydrogen) atoms. The average molecular weight is 282 g/mol. The Morgan fingerprint density at radius 2 is 1.95 bits per heavy atom. The molecule has 1 aromatic rings. The zero-order valence-electron chi connectivity index (χ0n) is 12.5. The van der Waals surface area contributed by atoms with Crippen LogP contribution < -0.4 is 10.6 Å². The standard InChI is InChI=1S/C14H26N4S/c1-5-12-17-13(15-6-2)10-14(18-12)16-11(4)8-9-19-7-3/h10-11H,5-9H2,1-4H3,(H2,15,16,17,18). The molecule has 5 heteroatoms. The van der Waals surface area contributed by atoms with E-state index in [1.165, 1.54) is 11.5 Å². The van der Waals surface area contributed by atoms with Gasteiger partial charge in [0, 0.05) is 25.1 Å². The summed E-state index contributed by atoms with van der Waals surface area (Å²) in [7, 11) is 0. The van der Waals surface area contributed by atoms with Crippen LogP contribution in [0.5, 0.6) is 0 Å². The van der Waals surface area contributed by atoms with Gasteiger partial charge in [-0.1, -0.05) is 13.8 Å². The van der Waals surface area contributed by atoms with Gasteiger partial charge in [0.2, 0.25) is 0 Å². The summed E-state index contributed by atoms with van der Waals surface area (Å²) in [5.41, 5.74) is 0. The Morgan fingerprint density at radius 3 is 2.58 bits per heavy atom. The van der Waals surface area contributed by atoms with Crippen molar-refractivity contribution in [1.82, 2.24) is 9.97 Å². The molecule has 108 valence electrons. The fraction of sp³-hybridized carbons (Fsp3) is 0.714. The minimum absolute atomic E-state index is 0.438. The van der Waals surface area contributed by atoms with Gasteiger partial charge in [-0.15, -0.1) is 0 Å². The summed E-state index contributed by atoms with van der Waals surface area (Å²) in [5, 5.41) is 6.72. The molecule has 0 aliphatic heterocycles. The third-order valence-electron chi connectivity index (χ3n) is 2.74. The summed E-state index contributed by atoms with van der Waals surface area (Å²) in [6.07, 6.45) is 2.01. The van der Waals surface area contributed by atoms with Gasteiger partial charge in [0.1, 0.15) is 17.5 Å². The van der Waals surface area contributed by atoms with Crippen LogP contribution in [0, 0.1) is 0 Å². The molecule has 0 radical (unpaired) electrons. The Morgan fingerprint density at radius 1 is 1.21 bits per heavy atom. The van der Waals surface area contributed by atoms with Crippen molar-refractivity contribution in [1.29, 1.82) is 0 Å². The lowest BCUT2D eigenvalue weighted by Gasteiger charge is -2.15. The lowest BCUT2D eigenvalue weighted by atomic mass is 10.2. The fourth-order valence-electron chi connectivity index (χ4n) is 1.73. The minimum atomic E-state index is 0.438. The highest BCUT2D eigenvalue weighted by molar-refractivity contribution is 7.99. The second-order valence-electron chi connectivity index (χ2n) is 4.47. The number of anilines is 2. The average Bonchev–Trinajstić information content (AvgIpc) is 2.39. The van der Waals surface area contributed by atoms with Crippen LogP contribution in [0.25, 0.3) is 0 Å². The van der Waals surface area contributed by atoms with Crippen molar-refractivity contribution in [3.8, 4) is 0 Å². The zero-order chi connectivity index (χ0) is 14.1. The Labute approximate surface area is 121 Å². The summed E-state index contributed by atoms with van der Waals surface area (Å²) in [6.45, 7) is 9.43. The van der Waals surface area contributed by atoms with Crippen molar-refractivity contribution in [3.63, 3.8) is 0 Å². The SMILES string of the molecule is CCNc1cc(NC(C)CCSCC)nc(CC)n1. The van der Waals surface area contributed by atoms with Gasteiger partial charge < -0.3 is 10.6 Å². The summed E-state index contributed by atoms with van der Waals surface area (Å²) in [6, 6.07) is 2.43. The normalized spacial score (nSPS) is 12.2. The molecule has 0 aromatic carbocycles. The van der Waals surface area contributed by atoms with Gasteiger partial charge in [-0.2, -0.15) is 11.8 Å². The smallest absolute Gasteiger partial charge is 0.132 e. The first-order chi connectivity index (χ1) is 9.19. The van der Waals surface area contributed by atoms with Crippen LogP contribution in [0.2, 0.25) is 0 Å². The quantitative estimate of drug-likeness (QED) is 0.680. The second-order valence-corrected chi connectivity index (χ2v) is 5.86. The molecule has 0 bridgehead atoms. The van der Waals surface area contributed by atoms with Crippen LogP contribution in [0.15, 0.2) is 6.07 Å². The number of aryl methyl sites for hydroxylation is 1. The van der Waals surface area contributed by atoms with E-state index in [2.05, 4.69) is 48.3 Å². The van der Waals surface area contributed by atoms with Gasteiger partial charge >= 0.3 is 0 Å². The molecule has 0 spiro atoms. The van der Waals surface area contributed by atoms with E-state index in [0.717, 1.165) is 36.8 Å². The Kier molecular flexibility index (Phi) is 7.63. The predicted octanol–water partition coefficient (Wildman–Crippen LogP) is 3.41. The molecule has 1 heterocycles. The van der Waals surface area contributed by atoms with Gasteiger partial charge in [0.25, 0.3) is 0 Å². The second kappa shape index (κ2) is 9.02. The van der Waals surface area contributed by atoms with Crippen molar-refractivity contribution < 1.29 is 0 Å². The Bertz CT molecular complexity index is 370. The molecule has 4 nitrogen and oxygen atoms in total. The Hall–Kier alpha value is -0.970. The van der Waals surface area contributed by atoms with Crippen LogP contribution in [0.3, 0.4) is 0 Å². The summed E-state index contributed by atoms with van der Waals surface area (Å²) < 4.78 is 0. The summed E-state index contributed by atoms with van der Waals surface area (Å²) >= 11 is 1.98. The van der Waals surface area contributed by atoms with E-state index in [4.69, 9.17) is 0 Å². The summed E-state index contributed by atoms with van der Waals surface area (Å²) in [5.74, 6) is 5.10. The molecular formula is C14H26N4S. The number of rotatable bonds is 9. The van der Waals surface area contributed by atoms with Crippen LogP contribution in [-0.4, -0.2) is 34.1 Å². The monoisotopic (exact) mass is 282 g/mol. The van der Waals surface area contributed by atoms with E-state index in [9.17, 15) is 0 Å². The molecule has 0 fully saturated rings. The van der Waals surface area contributed by atoms with Crippen molar-refractivity contribution in [2.75, 3.05) is 28.7 Å². The van der Waals surface area contributed by atoms with Gasteiger partial charge in [-0.3, -0.25) is 0 Å². The molecule has 0 amide bonds. The number of thioether (sulfide) groups is 1. The van der Waals surface area contributed by atoms with Crippen LogP contribution in [0.4, 0.5) is 11.6 Å². The lowest BCUT2D eigenvalue weighted by molar-refractivity contribution is 0.762. The van der Waals surface area contributed by atoms with Gasteiger partial charge in [0.15, 0.2) is 0 Å². The van der Waals surface area contributed by atoms with E-state index in [0.29, 0.717) is 6.04 Å². The van der Waals surface area contributed by atoms with Crippen LogP contribution in [0.1, 0.15) is 39.9 Å². The summed E-state index contributed by atoms with van der Waals surface area (Å²) in [4.78, 5) is 8.99. The maximum Gasteiger partial charge on any atom is 0.132 e. The largest absolute Gasteiger partial charge is 0.370 e. The Balaban J connectivity index is 2.62. The first-order valence-electron chi connectivity index (χ1n) is 7.15.